The Balaban J connectivity index is 2.82. The third-order valence-electron chi connectivity index (χ3n) is 3.22. The zero-order valence-corrected chi connectivity index (χ0v) is 12.5. The van der Waals surface area contributed by atoms with Crippen LogP contribution in [0.3, 0.4) is 0 Å². The lowest BCUT2D eigenvalue weighted by Gasteiger charge is -2.22. The lowest BCUT2D eigenvalue weighted by atomic mass is 9.93. The molecule has 0 aliphatic carbocycles. The van der Waals surface area contributed by atoms with E-state index in [9.17, 15) is 0 Å². The van der Waals surface area contributed by atoms with Gasteiger partial charge < -0.3 is 0 Å². The van der Waals surface area contributed by atoms with Gasteiger partial charge in [-0.1, -0.05) is 60.8 Å². The van der Waals surface area contributed by atoms with Crippen molar-refractivity contribution < 1.29 is 0 Å². The van der Waals surface area contributed by atoms with Crippen molar-refractivity contribution in [2.75, 3.05) is 0 Å². The van der Waals surface area contributed by atoms with Crippen molar-refractivity contribution in [1.82, 2.24) is 5.43 Å². The van der Waals surface area contributed by atoms with Crippen molar-refractivity contribution in [2.45, 2.75) is 46.1 Å². The summed E-state index contributed by atoms with van der Waals surface area (Å²) >= 11 is 3.65. The van der Waals surface area contributed by atoms with Gasteiger partial charge in [-0.2, -0.15) is 0 Å². The Bertz CT molecular complexity index is 352. The Kier molecular flexibility index (Phi) is 6.17. The number of hydrogen-bond acceptors (Lipinski definition) is 2. The average molecular weight is 299 g/mol. The third-order valence-corrected chi connectivity index (χ3v) is 4.30. The molecule has 17 heavy (non-hydrogen) atoms. The number of hydrazine groups is 1. The monoisotopic (exact) mass is 298 g/mol. The quantitative estimate of drug-likeness (QED) is 0.613. The van der Waals surface area contributed by atoms with Gasteiger partial charge in [0.1, 0.15) is 0 Å². The number of nitrogens with two attached hydrogens (primary N) is 1. The van der Waals surface area contributed by atoms with Gasteiger partial charge >= 0.3 is 0 Å². The molecule has 0 heterocycles. The summed E-state index contributed by atoms with van der Waals surface area (Å²) in [7, 11) is 0. The van der Waals surface area contributed by atoms with Crippen LogP contribution in [0.2, 0.25) is 0 Å². The highest BCUT2D eigenvalue weighted by Gasteiger charge is 2.16. The van der Waals surface area contributed by atoms with Crippen LogP contribution >= 0.6 is 15.9 Å². The molecule has 2 nitrogen and oxygen atoms in total. The lowest BCUT2D eigenvalue weighted by molar-refractivity contribution is 0.394. The molecular weight excluding hydrogens is 276 g/mol. The summed E-state index contributed by atoms with van der Waals surface area (Å²) in [6, 6.07) is 6.56. The maximum Gasteiger partial charge on any atom is 0.0473 e. The Labute approximate surface area is 113 Å². The number of benzene rings is 1. The fourth-order valence-electron chi connectivity index (χ4n) is 2.24. The SMILES string of the molecule is CCCC(C)CC(NN)c1cccc(C)c1Br. The molecule has 96 valence electrons. The average Bonchev–Trinajstić information content (AvgIpc) is 2.30. The Hall–Kier alpha value is -0.380. The highest BCUT2D eigenvalue weighted by atomic mass is 79.9. The van der Waals surface area contributed by atoms with Crippen molar-refractivity contribution >= 4 is 15.9 Å². The number of aryl methyl sites for hydroxylation is 1. The van der Waals surface area contributed by atoms with Crippen LogP contribution in [0.15, 0.2) is 22.7 Å². The van der Waals surface area contributed by atoms with Crippen LogP contribution in [0.5, 0.6) is 0 Å². The molecule has 0 aromatic heterocycles. The summed E-state index contributed by atoms with van der Waals surface area (Å²) in [5.41, 5.74) is 5.46. The van der Waals surface area contributed by atoms with Gasteiger partial charge in [-0.05, 0) is 30.4 Å². The Morgan fingerprint density at radius 3 is 2.71 bits per heavy atom. The van der Waals surface area contributed by atoms with E-state index in [4.69, 9.17) is 5.84 Å². The van der Waals surface area contributed by atoms with Gasteiger partial charge in [0.05, 0.1) is 0 Å². The summed E-state index contributed by atoms with van der Waals surface area (Å²) in [5.74, 6) is 6.39. The van der Waals surface area contributed by atoms with E-state index in [0.717, 1.165) is 6.42 Å². The number of halogens is 1. The second kappa shape index (κ2) is 7.14. The molecule has 0 saturated heterocycles. The van der Waals surface area contributed by atoms with Crippen molar-refractivity contribution in [3.63, 3.8) is 0 Å². The number of rotatable bonds is 6. The molecule has 0 saturated carbocycles. The highest BCUT2D eigenvalue weighted by molar-refractivity contribution is 9.10. The largest absolute Gasteiger partial charge is 0.271 e. The summed E-state index contributed by atoms with van der Waals surface area (Å²) in [6.07, 6.45) is 3.56. The molecule has 0 amide bonds. The predicted octanol–water partition coefficient (Wildman–Crippen LogP) is 4.09. The molecule has 0 spiro atoms. The van der Waals surface area contributed by atoms with E-state index >= 15 is 0 Å². The first-order valence-corrected chi connectivity index (χ1v) is 7.10. The van der Waals surface area contributed by atoms with E-state index in [1.807, 2.05) is 0 Å². The van der Waals surface area contributed by atoms with E-state index in [1.165, 1.54) is 28.4 Å². The molecule has 0 aliphatic rings. The van der Waals surface area contributed by atoms with Crippen LogP contribution < -0.4 is 11.3 Å². The summed E-state index contributed by atoms with van der Waals surface area (Å²) in [5, 5.41) is 0. The fraction of sp³-hybridized carbons (Fsp3) is 0.571. The Morgan fingerprint density at radius 2 is 2.12 bits per heavy atom. The van der Waals surface area contributed by atoms with Crippen molar-refractivity contribution in [1.29, 1.82) is 0 Å². The van der Waals surface area contributed by atoms with Gasteiger partial charge in [-0.3, -0.25) is 11.3 Å². The zero-order valence-electron chi connectivity index (χ0n) is 11.0. The first-order chi connectivity index (χ1) is 8.10. The molecule has 0 fully saturated rings. The van der Waals surface area contributed by atoms with E-state index in [2.05, 4.69) is 60.3 Å². The first kappa shape index (κ1) is 14.7. The standard InChI is InChI=1S/C14H23BrN2/c1-4-6-10(2)9-13(17-16)12-8-5-7-11(3)14(12)15/h5,7-8,10,13,17H,4,6,9,16H2,1-3H3. The van der Waals surface area contributed by atoms with E-state index < -0.39 is 0 Å². The smallest absolute Gasteiger partial charge is 0.0473 e. The van der Waals surface area contributed by atoms with Crippen LogP contribution in [0.25, 0.3) is 0 Å². The van der Waals surface area contributed by atoms with E-state index in [-0.39, 0.29) is 6.04 Å². The molecule has 0 bridgehead atoms. The molecule has 1 rings (SSSR count). The molecule has 1 aromatic carbocycles. The maximum atomic E-state index is 5.70. The molecule has 0 aliphatic heterocycles. The van der Waals surface area contributed by atoms with Gasteiger partial charge in [0.15, 0.2) is 0 Å². The molecule has 2 atom stereocenters. The van der Waals surface area contributed by atoms with Gasteiger partial charge in [0.2, 0.25) is 0 Å². The van der Waals surface area contributed by atoms with Crippen LogP contribution in [0.4, 0.5) is 0 Å². The minimum Gasteiger partial charge on any atom is -0.271 e. The molecule has 1 aromatic rings. The van der Waals surface area contributed by atoms with Crippen molar-refractivity contribution in [3.05, 3.63) is 33.8 Å². The van der Waals surface area contributed by atoms with Crippen molar-refractivity contribution in [2.24, 2.45) is 11.8 Å². The topological polar surface area (TPSA) is 38.0 Å². The highest BCUT2D eigenvalue weighted by Crippen LogP contribution is 2.30. The molecular formula is C14H23BrN2. The van der Waals surface area contributed by atoms with Gasteiger partial charge in [-0.25, -0.2) is 0 Å². The number of nitrogens with one attached hydrogen (secondary N) is 1. The summed E-state index contributed by atoms with van der Waals surface area (Å²) < 4.78 is 1.17. The van der Waals surface area contributed by atoms with E-state index in [1.54, 1.807) is 0 Å². The zero-order chi connectivity index (χ0) is 12.8. The van der Waals surface area contributed by atoms with E-state index in [0.29, 0.717) is 5.92 Å². The van der Waals surface area contributed by atoms with Gasteiger partial charge in [0, 0.05) is 10.5 Å². The minimum absolute atomic E-state index is 0.228. The first-order valence-electron chi connectivity index (χ1n) is 6.31. The molecule has 3 heteroatoms. The summed E-state index contributed by atoms with van der Waals surface area (Å²) in [6.45, 7) is 6.62. The van der Waals surface area contributed by atoms with Gasteiger partial charge in [0.25, 0.3) is 0 Å². The number of hydrogen-bond donors (Lipinski definition) is 2. The van der Waals surface area contributed by atoms with Gasteiger partial charge in [-0.15, -0.1) is 0 Å². The maximum absolute atomic E-state index is 5.70. The second-order valence-corrected chi connectivity index (χ2v) is 5.62. The summed E-state index contributed by atoms with van der Waals surface area (Å²) in [4.78, 5) is 0. The van der Waals surface area contributed by atoms with Crippen LogP contribution in [0, 0.1) is 12.8 Å². The second-order valence-electron chi connectivity index (χ2n) is 4.83. The van der Waals surface area contributed by atoms with Crippen LogP contribution in [0.1, 0.15) is 50.3 Å². The lowest BCUT2D eigenvalue weighted by Crippen LogP contribution is -2.29. The van der Waals surface area contributed by atoms with Crippen LogP contribution in [-0.4, -0.2) is 0 Å². The van der Waals surface area contributed by atoms with Crippen LogP contribution in [-0.2, 0) is 0 Å². The fourth-order valence-corrected chi connectivity index (χ4v) is 2.78. The molecule has 3 N–H and O–H groups in total. The Morgan fingerprint density at radius 1 is 1.41 bits per heavy atom. The predicted molar refractivity (Wildman–Crippen MR) is 77.6 cm³/mol. The third kappa shape index (κ3) is 4.09. The molecule has 2 unspecified atom stereocenters. The van der Waals surface area contributed by atoms with Crippen molar-refractivity contribution in [3.8, 4) is 0 Å². The molecule has 0 radical (unpaired) electrons. The normalized spacial score (nSPS) is 14.6. The minimum atomic E-state index is 0.228.